The smallest absolute Gasteiger partial charge is 0.416 e. The minimum Gasteiger partial charge on any atom is -0.478 e. The second-order valence-electron chi connectivity index (χ2n) is 4.98. The Morgan fingerprint density at radius 3 is 2.71 bits per heavy atom. The van der Waals surface area contributed by atoms with E-state index in [1.165, 1.54) is 6.07 Å². The summed E-state index contributed by atoms with van der Waals surface area (Å²) in [6.45, 7) is 1.08. The molecule has 0 saturated carbocycles. The van der Waals surface area contributed by atoms with Crippen LogP contribution in [0.1, 0.15) is 28.8 Å². The lowest BCUT2D eigenvalue weighted by molar-refractivity contribution is -0.137. The van der Waals surface area contributed by atoms with Crippen molar-refractivity contribution in [3.63, 3.8) is 0 Å². The van der Waals surface area contributed by atoms with Crippen molar-refractivity contribution in [2.24, 2.45) is 0 Å². The first kappa shape index (κ1) is 15.6. The van der Waals surface area contributed by atoms with Crippen molar-refractivity contribution in [2.75, 3.05) is 25.1 Å². The number of hydrogen-bond acceptors (Lipinski definition) is 3. The molecule has 0 aliphatic carbocycles. The van der Waals surface area contributed by atoms with Crippen molar-refractivity contribution >= 4 is 11.7 Å². The molecular weight excluding hydrogens is 287 g/mol. The Hall–Kier alpha value is -1.76. The van der Waals surface area contributed by atoms with Gasteiger partial charge in [0.05, 0.1) is 22.9 Å². The first-order valence-electron chi connectivity index (χ1n) is 6.55. The maximum absolute atomic E-state index is 12.7. The molecule has 1 heterocycles. The monoisotopic (exact) mass is 303 g/mol. The van der Waals surface area contributed by atoms with Gasteiger partial charge >= 0.3 is 12.1 Å². The molecule has 0 amide bonds. The summed E-state index contributed by atoms with van der Waals surface area (Å²) in [5.74, 6) is -1.37. The quantitative estimate of drug-likeness (QED) is 0.932. The number of piperidine rings is 1. The molecule has 1 fully saturated rings. The Kier molecular flexibility index (Phi) is 4.41. The van der Waals surface area contributed by atoms with Crippen LogP contribution in [0.5, 0.6) is 0 Å². The molecule has 0 radical (unpaired) electrons. The van der Waals surface area contributed by atoms with E-state index in [0.717, 1.165) is 18.9 Å². The molecule has 1 unspecified atom stereocenters. The van der Waals surface area contributed by atoms with E-state index in [1.54, 1.807) is 12.0 Å². The van der Waals surface area contributed by atoms with Gasteiger partial charge in [-0.05, 0) is 31.0 Å². The minimum absolute atomic E-state index is 0.0392. The molecule has 116 valence electrons. The average molecular weight is 303 g/mol. The summed E-state index contributed by atoms with van der Waals surface area (Å²) in [7, 11) is 1.57. The largest absolute Gasteiger partial charge is 0.478 e. The predicted octanol–water partition coefficient (Wildman–Crippen LogP) is 3.02. The van der Waals surface area contributed by atoms with Gasteiger partial charge in [0, 0.05) is 20.2 Å². The normalized spacial score (nSPS) is 19.6. The van der Waals surface area contributed by atoms with E-state index in [2.05, 4.69) is 0 Å². The summed E-state index contributed by atoms with van der Waals surface area (Å²) in [6, 6.07) is 2.83. The van der Waals surface area contributed by atoms with Gasteiger partial charge in [-0.2, -0.15) is 13.2 Å². The zero-order valence-corrected chi connectivity index (χ0v) is 11.5. The number of aromatic carboxylic acids is 1. The van der Waals surface area contributed by atoms with Crippen molar-refractivity contribution in [3.05, 3.63) is 29.3 Å². The van der Waals surface area contributed by atoms with Gasteiger partial charge in [-0.15, -0.1) is 0 Å². The summed E-state index contributed by atoms with van der Waals surface area (Å²) in [5.41, 5.74) is -0.984. The summed E-state index contributed by atoms with van der Waals surface area (Å²) in [4.78, 5) is 13.0. The number of hydrogen-bond donors (Lipinski definition) is 1. The highest BCUT2D eigenvalue weighted by atomic mass is 19.4. The fraction of sp³-hybridized carbons (Fsp3) is 0.500. The minimum atomic E-state index is -4.56. The Labute approximate surface area is 120 Å². The Morgan fingerprint density at radius 1 is 1.43 bits per heavy atom. The number of halogens is 3. The Morgan fingerprint density at radius 2 is 2.14 bits per heavy atom. The van der Waals surface area contributed by atoms with Gasteiger partial charge < -0.3 is 14.7 Å². The number of nitrogens with zero attached hydrogens (tertiary/aromatic N) is 1. The zero-order chi connectivity index (χ0) is 15.6. The van der Waals surface area contributed by atoms with Crippen LogP contribution in [0.4, 0.5) is 18.9 Å². The number of carbonyl (C=O) groups is 1. The lowest BCUT2D eigenvalue weighted by Gasteiger charge is -2.34. The van der Waals surface area contributed by atoms with E-state index in [-0.39, 0.29) is 11.7 Å². The van der Waals surface area contributed by atoms with E-state index in [4.69, 9.17) is 4.74 Å². The second-order valence-corrected chi connectivity index (χ2v) is 4.98. The van der Waals surface area contributed by atoms with Crippen LogP contribution in [0.3, 0.4) is 0 Å². The number of methoxy groups -OCH3 is 1. The Bertz CT molecular complexity index is 531. The van der Waals surface area contributed by atoms with Crippen LogP contribution in [0.25, 0.3) is 0 Å². The molecule has 1 aromatic carbocycles. The SMILES string of the molecule is COC1CCCN(c2ccc(C(F)(F)F)cc2C(=O)O)C1. The summed E-state index contributed by atoms with van der Waals surface area (Å²) in [5, 5.41) is 9.18. The van der Waals surface area contributed by atoms with Crippen LogP contribution in [0, 0.1) is 0 Å². The second kappa shape index (κ2) is 5.93. The molecule has 0 bridgehead atoms. The molecule has 1 aliphatic rings. The summed E-state index contributed by atoms with van der Waals surface area (Å²) < 4.78 is 43.3. The number of alkyl halides is 3. The van der Waals surface area contributed by atoms with Gasteiger partial charge in [0.2, 0.25) is 0 Å². The first-order valence-corrected chi connectivity index (χ1v) is 6.55. The van der Waals surface area contributed by atoms with Crippen molar-refractivity contribution in [1.29, 1.82) is 0 Å². The molecule has 1 aliphatic heterocycles. The Balaban J connectivity index is 2.37. The molecule has 4 nitrogen and oxygen atoms in total. The van der Waals surface area contributed by atoms with E-state index >= 15 is 0 Å². The fourth-order valence-corrected chi connectivity index (χ4v) is 2.51. The van der Waals surface area contributed by atoms with Gasteiger partial charge in [-0.3, -0.25) is 0 Å². The number of rotatable bonds is 3. The van der Waals surface area contributed by atoms with E-state index in [0.29, 0.717) is 24.8 Å². The van der Waals surface area contributed by atoms with Gasteiger partial charge in [0.25, 0.3) is 0 Å². The van der Waals surface area contributed by atoms with Crippen LogP contribution in [0.2, 0.25) is 0 Å². The van der Waals surface area contributed by atoms with Gasteiger partial charge in [-0.1, -0.05) is 0 Å². The highest BCUT2D eigenvalue weighted by Gasteiger charge is 2.33. The molecule has 1 saturated heterocycles. The molecule has 2 rings (SSSR count). The third kappa shape index (κ3) is 3.47. The van der Waals surface area contributed by atoms with E-state index in [1.807, 2.05) is 0 Å². The highest BCUT2D eigenvalue weighted by Crippen LogP contribution is 2.33. The lowest BCUT2D eigenvalue weighted by atomic mass is 10.0. The van der Waals surface area contributed by atoms with Crippen molar-refractivity contribution in [1.82, 2.24) is 0 Å². The van der Waals surface area contributed by atoms with Crippen LogP contribution in [-0.2, 0) is 10.9 Å². The van der Waals surface area contributed by atoms with Crippen molar-refractivity contribution < 1.29 is 27.8 Å². The first-order chi connectivity index (χ1) is 9.82. The van der Waals surface area contributed by atoms with Crippen LogP contribution in [-0.4, -0.2) is 37.4 Å². The van der Waals surface area contributed by atoms with Crippen molar-refractivity contribution in [3.8, 4) is 0 Å². The van der Waals surface area contributed by atoms with Gasteiger partial charge in [0.1, 0.15) is 0 Å². The number of ether oxygens (including phenoxy) is 1. The van der Waals surface area contributed by atoms with Gasteiger partial charge in [0.15, 0.2) is 0 Å². The third-order valence-corrected chi connectivity index (χ3v) is 3.61. The van der Waals surface area contributed by atoms with Crippen LogP contribution < -0.4 is 4.90 Å². The predicted molar refractivity (Wildman–Crippen MR) is 70.6 cm³/mol. The molecule has 1 atom stereocenters. The lowest BCUT2D eigenvalue weighted by Crippen LogP contribution is -2.40. The van der Waals surface area contributed by atoms with E-state index in [9.17, 15) is 23.1 Å². The number of carboxylic acids is 1. The molecular formula is C14H16F3NO3. The summed E-state index contributed by atoms with van der Waals surface area (Å²) >= 11 is 0. The third-order valence-electron chi connectivity index (χ3n) is 3.61. The molecule has 1 N–H and O–H groups in total. The molecule has 21 heavy (non-hydrogen) atoms. The van der Waals surface area contributed by atoms with Gasteiger partial charge in [-0.25, -0.2) is 4.79 Å². The van der Waals surface area contributed by atoms with Crippen LogP contribution >= 0.6 is 0 Å². The maximum Gasteiger partial charge on any atom is 0.416 e. The topological polar surface area (TPSA) is 49.8 Å². The fourth-order valence-electron chi connectivity index (χ4n) is 2.51. The number of benzene rings is 1. The van der Waals surface area contributed by atoms with E-state index < -0.39 is 17.7 Å². The molecule has 7 heteroatoms. The highest BCUT2D eigenvalue weighted by molar-refractivity contribution is 5.94. The molecule has 1 aromatic rings. The summed E-state index contributed by atoms with van der Waals surface area (Å²) in [6.07, 6.45) is -2.93. The van der Waals surface area contributed by atoms with Crippen LogP contribution in [0.15, 0.2) is 18.2 Å². The average Bonchev–Trinajstić information content (AvgIpc) is 2.45. The molecule has 0 spiro atoms. The van der Waals surface area contributed by atoms with Crippen molar-refractivity contribution in [2.45, 2.75) is 25.1 Å². The number of anilines is 1. The zero-order valence-electron chi connectivity index (χ0n) is 11.5. The standard InChI is InChI=1S/C14H16F3NO3/c1-21-10-3-2-6-18(8-10)12-5-4-9(14(15,16)17)7-11(12)13(19)20/h4-5,7,10H,2-3,6,8H2,1H3,(H,19,20). The number of carboxylic acid groups (broad SMARTS) is 1. The molecule has 0 aromatic heterocycles. The maximum atomic E-state index is 12.7.